The normalized spacial score (nSPS) is 18.8. The first-order valence-corrected chi connectivity index (χ1v) is 9.40. The van der Waals surface area contributed by atoms with Gasteiger partial charge in [0.15, 0.2) is 5.65 Å². The highest BCUT2D eigenvalue weighted by Gasteiger charge is 2.24. The summed E-state index contributed by atoms with van der Waals surface area (Å²) in [6, 6.07) is 9.42. The molecule has 0 saturated carbocycles. The number of fused-ring (bicyclic) bond motifs is 1. The molecule has 0 radical (unpaired) electrons. The number of hydrogen-bond acceptors (Lipinski definition) is 3. The molecular formula is C18H17Cl3N4. The topological polar surface area (TPSA) is 44.8 Å². The first kappa shape index (κ1) is 17.1. The van der Waals surface area contributed by atoms with Crippen molar-refractivity contribution in [3.8, 4) is 0 Å². The van der Waals surface area contributed by atoms with Gasteiger partial charge < -0.3 is 4.98 Å². The van der Waals surface area contributed by atoms with Gasteiger partial charge in [-0.1, -0.05) is 34.8 Å². The molecule has 1 unspecified atom stereocenters. The Bertz CT molecular complexity index is 888. The Morgan fingerprint density at radius 3 is 2.68 bits per heavy atom. The van der Waals surface area contributed by atoms with Crippen LogP contribution in [0.4, 0.5) is 0 Å². The van der Waals surface area contributed by atoms with Crippen LogP contribution in [-0.4, -0.2) is 32.9 Å². The molecule has 0 spiro atoms. The minimum atomic E-state index is 0.358. The summed E-state index contributed by atoms with van der Waals surface area (Å²) in [6.45, 7) is 2.84. The lowest BCUT2D eigenvalue weighted by molar-refractivity contribution is 0.197. The van der Waals surface area contributed by atoms with E-state index in [2.05, 4.69) is 19.9 Å². The zero-order chi connectivity index (χ0) is 17.4. The fourth-order valence-electron chi connectivity index (χ4n) is 3.46. The molecule has 3 aromatic rings. The van der Waals surface area contributed by atoms with Crippen molar-refractivity contribution in [3.05, 3.63) is 56.9 Å². The summed E-state index contributed by atoms with van der Waals surface area (Å²) < 4.78 is 0. The Morgan fingerprint density at radius 2 is 1.88 bits per heavy atom. The maximum atomic E-state index is 6.11. The predicted molar refractivity (Wildman–Crippen MR) is 103 cm³/mol. The van der Waals surface area contributed by atoms with Crippen molar-refractivity contribution in [1.82, 2.24) is 19.9 Å². The highest BCUT2D eigenvalue weighted by molar-refractivity contribution is 6.34. The Hall–Kier alpha value is -1.33. The summed E-state index contributed by atoms with van der Waals surface area (Å²) in [5.41, 5.74) is 2.75. The van der Waals surface area contributed by atoms with Crippen LogP contribution < -0.4 is 0 Å². The molecule has 0 bridgehead atoms. The van der Waals surface area contributed by atoms with E-state index in [0.29, 0.717) is 26.8 Å². The third-order valence-corrected chi connectivity index (χ3v) is 5.20. The molecule has 130 valence electrons. The van der Waals surface area contributed by atoms with Crippen molar-refractivity contribution in [3.63, 3.8) is 0 Å². The first-order chi connectivity index (χ1) is 12.1. The number of imidazole rings is 1. The maximum Gasteiger partial charge on any atom is 0.179 e. The van der Waals surface area contributed by atoms with E-state index in [0.717, 1.165) is 49.4 Å². The number of nitrogens with one attached hydrogen (secondary N) is 1. The molecule has 1 aliphatic heterocycles. The zero-order valence-electron chi connectivity index (χ0n) is 13.5. The molecular weight excluding hydrogens is 379 g/mol. The van der Waals surface area contributed by atoms with Gasteiger partial charge in [0, 0.05) is 29.1 Å². The molecule has 1 aromatic carbocycles. The largest absolute Gasteiger partial charge is 0.340 e. The SMILES string of the molecule is Clc1cc(Cl)cc(CN2CCCC(c3nc4nc(Cl)ccc4[nH]3)C2)c1. The minimum Gasteiger partial charge on any atom is -0.340 e. The number of halogens is 3. The van der Waals surface area contributed by atoms with Crippen molar-refractivity contribution in [2.75, 3.05) is 13.1 Å². The molecule has 1 saturated heterocycles. The van der Waals surface area contributed by atoms with Crippen LogP contribution in [0.25, 0.3) is 11.2 Å². The second kappa shape index (κ2) is 7.12. The lowest BCUT2D eigenvalue weighted by atomic mass is 9.97. The maximum absolute atomic E-state index is 6.11. The van der Waals surface area contributed by atoms with E-state index in [1.165, 1.54) is 0 Å². The molecule has 3 heterocycles. The predicted octanol–water partition coefficient (Wildman–Crippen LogP) is 5.30. The van der Waals surface area contributed by atoms with Crippen LogP contribution in [-0.2, 0) is 6.54 Å². The van der Waals surface area contributed by atoms with Crippen LogP contribution >= 0.6 is 34.8 Å². The summed E-state index contributed by atoms with van der Waals surface area (Å²) in [5.74, 6) is 1.34. The van der Waals surface area contributed by atoms with E-state index >= 15 is 0 Å². The zero-order valence-corrected chi connectivity index (χ0v) is 15.7. The fourth-order valence-corrected chi connectivity index (χ4v) is 4.18. The lowest BCUT2D eigenvalue weighted by Gasteiger charge is -2.31. The van der Waals surface area contributed by atoms with Crippen LogP contribution in [0, 0.1) is 0 Å². The Balaban J connectivity index is 1.51. The molecule has 4 rings (SSSR count). The smallest absolute Gasteiger partial charge is 0.179 e. The molecule has 0 amide bonds. The van der Waals surface area contributed by atoms with Gasteiger partial charge in [0.05, 0.1) is 5.52 Å². The fraction of sp³-hybridized carbons (Fsp3) is 0.333. The van der Waals surface area contributed by atoms with Crippen molar-refractivity contribution in [2.45, 2.75) is 25.3 Å². The molecule has 4 nitrogen and oxygen atoms in total. The van der Waals surface area contributed by atoms with Gasteiger partial charge in [0.2, 0.25) is 0 Å². The highest BCUT2D eigenvalue weighted by Crippen LogP contribution is 2.28. The van der Waals surface area contributed by atoms with Gasteiger partial charge in [-0.15, -0.1) is 0 Å². The van der Waals surface area contributed by atoms with Gasteiger partial charge >= 0.3 is 0 Å². The van der Waals surface area contributed by atoms with Crippen molar-refractivity contribution < 1.29 is 0 Å². The number of aromatic nitrogens is 3. The summed E-state index contributed by atoms with van der Waals surface area (Å²) in [6.07, 6.45) is 2.24. The first-order valence-electron chi connectivity index (χ1n) is 8.26. The minimum absolute atomic E-state index is 0.358. The van der Waals surface area contributed by atoms with Crippen LogP contribution in [0.1, 0.15) is 30.1 Å². The molecule has 0 aliphatic carbocycles. The average Bonchev–Trinajstić information content (AvgIpc) is 2.97. The second-order valence-corrected chi connectivity index (χ2v) is 7.74. The molecule has 2 aromatic heterocycles. The van der Waals surface area contributed by atoms with E-state index in [1.807, 2.05) is 18.2 Å². The van der Waals surface area contributed by atoms with E-state index in [-0.39, 0.29) is 0 Å². The standard InChI is InChI=1S/C18H17Cl3N4/c19-13-6-11(7-14(20)8-13)9-25-5-1-2-12(10-25)17-22-15-3-4-16(21)23-18(15)24-17/h3-4,6-8,12H,1-2,5,9-10H2,(H,22,23,24). The van der Waals surface area contributed by atoms with E-state index in [9.17, 15) is 0 Å². The summed E-state index contributed by atoms with van der Waals surface area (Å²) >= 11 is 18.2. The number of pyridine rings is 1. The average molecular weight is 396 g/mol. The number of rotatable bonds is 3. The third kappa shape index (κ3) is 3.93. The molecule has 1 N–H and O–H groups in total. The van der Waals surface area contributed by atoms with E-state index in [4.69, 9.17) is 34.8 Å². The molecule has 7 heteroatoms. The summed E-state index contributed by atoms with van der Waals surface area (Å²) in [5, 5.41) is 1.82. The summed E-state index contributed by atoms with van der Waals surface area (Å²) in [4.78, 5) is 14.7. The van der Waals surface area contributed by atoms with Crippen LogP contribution in [0.15, 0.2) is 30.3 Å². The van der Waals surface area contributed by atoms with Crippen LogP contribution in [0.2, 0.25) is 15.2 Å². The molecule has 25 heavy (non-hydrogen) atoms. The van der Waals surface area contributed by atoms with Gasteiger partial charge in [0.1, 0.15) is 11.0 Å². The van der Waals surface area contributed by atoms with E-state index < -0.39 is 0 Å². The number of benzene rings is 1. The second-order valence-electron chi connectivity index (χ2n) is 6.48. The number of piperidine rings is 1. The van der Waals surface area contributed by atoms with Gasteiger partial charge in [-0.25, -0.2) is 9.97 Å². The third-order valence-electron chi connectivity index (χ3n) is 4.55. The Morgan fingerprint density at radius 1 is 1.08 bits per heavy atom. The van der Waals surface area contributed by atoms with Gasteiger partial charge in [0.25, 0.3) is 0 Å². The van der Waals surface area contributed by atoms with Gasteiger partial charge in [-0.3, -0.25) is 4.90 Å². The number of nitrogens with zero attached hydrogens (tertiary/aromatic N) is 3. The summed E-state index contributed by atoms with van der Waals surface area (Å²) in [7, 11) is 0. The number of likely N-dealkylation sites (tertiary alicyclic amines) is 1. The van der Waals surface area contributed by atoms with Crippen LogP contribution in [0.5, 0.6) is 0 Å². The van der Waals surface area contributed by atoms with Crippen LogP contribution in [0.3, 0.4) is 0 Å². The van der Waals surface area contributed by atoms with Gasteiger partial charge in [-0.2, -0.15) is 0 Å². The monoisotopic (exact) mass is 394 g/mol. The highest BCUT2D eigenvalue weighted by atomic mass is 35.5. The van der Waals surface area contributed by atoms with E-state index in [1.54, 1.807) is 12.1 Å². The quantitative estimate of drug-likeness (QED) is 0.612. The molecule has 1 atom stereocenters. The van der Waals surface area contributed by atoms with Gasteiger partial charge in [-0.05, 0) is 55.3 Å². The number of H-pyrrole nitrogens is 1. The number of hydrogen-bond donors (Lipinski definition) is 1. The van der Waals surface area contributed by atoms with Crippen molar-refractivity contribution in [1.29, 1.82) is 0 Å². The molecule has 1 fully saturated rings. The molecule has 1 aliphatic rings. The number of aromatic amines is 1. The Kier molecular flexibility index (Phi) is 4.87. The lowest BCUT2D eigenvalue weighted by Crippen LogP contribution is -2.34. The van der Waals surface area contributed by atoms with Crippen molar-refractivity contribution >= 4 is 46.0 Å². The van der Waals surface area contributed by atoms with Crippen molar-refractivity contribution in [2.24, 2.45) is 0 Å². The Labute approximate surface area is 161 Å².